The lowest BCUT2D eigenvalue weighted by Gasteiger charge is -2.05. The zero-order chi connectivity index (χ0) is 16.4. The van der Waals surface area contributed by atoms with Crippen molar-refractivity contribution in [1.82, 2.24) is 30.2 Å². The van der Waals surface area contributed by atoms with Gasteiger partial charge in [-0.1, -0.05) is 0 Å². The van der Waals surface area contributed by atoms with E-state index in [1.165, 1.54) is 0 Å². The van der Waals surface area contributed by atoms with E-state index < -0.39 is 6.10 Å². The van der Waals surface area contributed by atoms with Gasteiger partial charge in [-0.3, -0.25) is 4.79 Å². The molecule has 9 heteroatoms. The van der Waals surface area contributed by atoms with E-state index in [9.17, 15) is 9.90 Å². The molecule has 0 saturated heterocycles. The molecule has 3 rings (SSSR count). The second-order valence-corrected chi connectivity index (χ2v) is 5.28. The van der Waals surface area contributed by atoms with Crippen molar-refractivity contribution in [2.75, 3.05) is 5.32 Å². The topological polar surface area (TPSA) is 122 Å². The number of tetrazole rings is 1. The first-order valence-corrected chi connectivity index (χ1v) is 7.23. The molecule has 1 unspecified atom stereocenters. The number of amides is 1. The molecule has 0 aliphatic carbocycles. The van der Waals surface area contributed by atoms with Gasteiger partial charge in [-0.15, -0.1) is 5.10 Å². The number of hydrogen-bond donors (Lipinski definition) is 3. The molecule has 0 radical (unpaired) electrons. The van der Waals surface area contributed by atoms with E-state index in [1.807, 2.05) is 0 Å². The summed E-state index contributed by atoms with van der Waals surface area (Å²) in [5.41, 5.74) is 2.16. The van der Waals surface area contributed by atoms with Gasteiger partial charge < -0.3 is 15.4 Å². The lowest BCUT2D eigenvalue weighted by molar-refractivity contribution is -0.116. The summed E-state index contributed by atoms with van der Waals surface area (Å²) in [5, 5.41) is 23.5. The molecule has 0 saturated carbocycles. The first kappa shape index (κ1) is 15.1. The third-order valence-corrected chi connectivity index (χ3v) is 3.44. The summed E-state index contributed by atoms with van der Waals surface area (Å²) < 4.78 is 1.58. The van der Waals surface area contributed by atoms with Crippen molar-refractivity contribution in [3.05, 3.63) is 29.8 Å². The Morgan fingerprint density at radius 3 is 3.00 bits per heavy atom. The second-order valence-electron chi connectivity index (χ2n) is 5.28. The Bertz CT molecular complexity index is 837. The molecule has 3 N–H and O–H groups in total. The summed E-state index contributed by atoms with van der Waals surface area (Å²) >= 11 is 0. The third kappa shape index (κ3) is 3.34. The van der Waals surface area contributed by atoms with Gasteiger partial charge in [0, 0.05) is 12.1 Å². The third-order valence-electron chi connectivity index (χ3n) is 3.44. The minimum absolute atomic E-state index is 0.130. The van der Waals surface area contributed by atoms with Gasteiger partial charge in [-0.05, 0) is 42.5 Å². The summed E-state index contributed by atoms with van der Waals surface area (Å²) in [6.45, 7) is 3.84. The van der Waals surface area contributed by atoms with Crippen molar-refractivity contribution in [3.8, 4) is 0 Å². The molecule has 2 heterocycles. The summed E-state index contributed by atoms with van der Waals surface area (Å²) in [6, 6.07) is 5.35. The molecule has 1 aromatic carbocycles. The molecule has 9 nitrogen and oxygen atoms in total. The van der Waals surface area contributed by atoms with Gasteiger partial charge in [0.1, 0.15) is 17.8 Å². The molecular weight excluding hydrogens is 298 g/mol. The Kier molecular flexibility index (Phi) is 4.02. The van der Waals surface area contributed by atoms with Gasteiger partial charge in [0.15, 0.2) is 0 Å². The molecule has 0 aliphatic heterocycles. The fourth-order valence-electron chi connectivity index (χ4n) is 2.19. The average Bonchev–Trinajstić information content (AvgIpc) is 3.10. The van der Waals surface area contributed by atoms with Crippen LogP contribution in [0.2, 0.25) is 0 Å². The van der Waals surface area contributed by atoms with Crippen LogP contribution in [0.4, 0.5) is 5.69 Å². The maximum Gasteiger partial charge on any atom is 0.226 e. The number of nitrogens with one attached hydrogen (secondary N) is 2. The second kappa shape index (κ2) is 6.13. The molecule has 0 spiro atoms. The normalized spacial score (nSPS) is 12.5. The summed E-state index contributed by atoms with van der Waals surface area (Å²) in [5.74, 6) is 1.04. The number of aliphatic hydroxyl groups excluding tert-OH is 1. The molecule has 120 valence electrons. The number of benzene rings is 1. The number of nitrogens with zero attached hydrogens (tertiary/aromatic N) is 5. The van der Waals surface area contributed by atoms with Gasteiger partial charge in [-0.25, -0.2) is 9.67 Å². The quantitative estimate of drug-likeness (QED) is 0.644. The zero-order valence-corrected chi connectivity index (χ0v) is 12.8. The highest BCUT2D eigenvalue weighted by molar-refractivity contribution is 5.93. The van der Waals surface area contributed by atoms with Crippen LogP contribution in [0.5, 0.6) is 0 Å². The van der Waals surface area contributed by atoms with Crippen molar-refractivity contribution in [2.45, 2.75) is 32.9 Å². The number of aliphatic hydroxyl groups is 1. The molecule has 2 aromatic heterocycles. The molecule has 0 fully saturated rings. The Balaban J connectivity index is 1.66. The number of carbonyl (C=O) groups excluding carboxylic acids is 1. The van der Waals surface area contributed by atoms with Crippen LogP contribution in [0.25, 0.3) is 11.0 Å². The van der Waals surface area contributed by atoms with Crippen molar-refractivity contribution in [1.29, 1.82) is 0 Å². The van der Waals surface area contributed by atoms with E-state index in [2.05, 4.69) is 30.8 Å². The van der Waals surface area contributed by atoms with E-state index in [-0.39, 0.29) is 12.3 Å². The molecule has 0 bridgehead atoms. The van der Waals surface area contributed by atoms with Crippen LogP contribution < -0.4 is 5.32 Å². The first-order valence-electron chi connectivity index (χ1n) is 7.23. The van der Waals surface area contributed by atoms with Gasteiger partial charge in [0.05, 0.1) is 17.6 Å². The Morgan fingerprint density at radius 2 is 2.30 bits per heavy atom. The largest absolute Gasteiger partial charge is 0.385 e. The molecule has 3 aromatic rings. The van der Waals surface area contributed by atoms with E-state index in [0.717, 1.165) is 11.0 Å². The molecule has 0 aliphatic rings. The maximum absolute atomic E-state index is 12.0. The maximum atomic E-state index is 12.0. The molecule has 1 atom stereocenters. The highest BCUT2D eigenvalue weighted by Gasteiger charge is 2.10. The number of aromatic nitrogens is 6. The number of H-pyrrole nitrogens is 1. The number of aryl methyl sites for hydroxylation is 2. The van der Waals surface area contributed by atoms with Gasteiger partial charge in [0.2, 0.25) is 5.91 Å². The standard InChI is InChI=1S/C14H17N7O2/c1-8(22)14-16-11-4-3-10(7-12(11)17-14)15-13(23)5-6-21-9(2)18-19-20-21/h3-4,7-8,22H,5-6H2,1-2H3,(H,15,23)(H,16,17). The highest BCUT2D eigenvalue weighted by Crippen LogP contribution is 2.20. The van der Waals surface area contributed by atoms with Crippen LogP contribution in [0.1, 0.15) is 31.1 Å². The van der Waals surface area contributed by atoms with E-state index >= 15 is 0 Å². The average molecular weight is 315 g/mol. The Morgan fingerprint density at radius 1 is 1.48 bits per heavy atom. The van der Waals surface area contributed by atoms with Crippen LogP contribution in [0, 0.1) is 6.92 Å². The molecular formula is C14H17N7O2. The Labute approximate surface area is 131 Å². The summed E-state index contributed by atoms with van der Waals surface area (Å²) in [6.07, 6.45) is -0.397. The van der Waals surface area contributed by atoms with Gasteiger partial charge in [-0.2, -0.15) is 0 Å². The minimum Gasteiger partial charge on any atom is -0.385 e. The summed E-state index contributed by atoms with van der Waals surface area (Å²) in [4.78, 5) is 19.3. The molecule has 23 heavy (non-hydrogen) atoms. The number of carbonyl (C=O) groups is 1. The fourth-order valence-corrected chi connectivity index (χ4v) is 2.19. The number of fused-ring (bicyclic) bond motifs is 1. The number of anilines is 1. The van der Waals surface area contributed by atoms with Crippen LogP contribution in [0.15, 0.2) is 18.2 Å². The SMILES string of the molecule is Cc1nnnn1CCC(=O)Nc1ccc2nc(C(C)O)[nH]c2c1. The smallest absolute Gasteiger partial charge is 0.226 e. The number of rotatable bonds is 5. The minimum atomic E-state index is -0.667. The van der Waals surface area contributed by atoms with Crippen molar-refractivity contribution >= 4 is 22.6 Å². The van der Waals surface area contributed by atoms with Crippen LogP contribution in [-0.4, -0.2) is 41.2 Å². The van der Waals surface area contributed by atoms with E-state index in [1.54, 1.807) is 36.7 Å². The van der Waals surface area contributed by atoms with E-state index in [4.69, 9.17) is 0 Å². The van der Waals surface area contributed by atoms with E-state index in [0.29, 0.717) is 23.9 Å². The zero-order valence-electron chi connectivity index (χ0n) is 12.8. The van der Waals surface area contributed by atoms with Crippen LogP contribution in [0.3, 0.4) is 0 Å². The van der Waals surface area contributed by atoms with Crippen molar-refractivity contribution in [2.24, 2.45) is 0 Å². The predicted octanol–water partition coefficient (Wildman–Crippen LogP) is 0.940. The predicted molar refractivity (Wildman–Crippen MR) is 82.5 cm³/mol. The monoisotopic (exact) mass is 315 g/mol. The van der Waals surface area contributed by atoms with Crippen LogP contribution in [-0.2, 0) is 11.3 Å². The number of imidazole rings is 1. The van der Waals surface area contributed by atoms with Crippen molar-refractivity contribution in [3.63, 3.8) is 0 Å². The highest BCUT2D eigenvalue weighted by atomic mass is 16.3. The van der Waals surface area contributed by atoms with Crippen LogP contribution >= 0.6 is 0 Å². The lowest BCUT2D eigenvalue weighted by Crippen LogP contribution is -2.15. The van der Waals surface area contributed by atoms with Gasteiger partial charge in [0.25, 0.3) is 0 Å². The van der Waals surface area contributed by atoms with Crippen molar-refractivity contribution < 1.29 is 9.90 Å². The lowest BCUT2D eigenvalue weighted by atomic mass is 10.2. The summed E-state index contributed by atoms with van der Waals surface area (Å²) in [7, 11) is 0. The Hall–Kier alpha value is -2.81. The molecule has 1 amide bonds. The van der Waals surface area contributed by atoms with Gasteiger partial charge >= 0.3 is 0 Å². The number of aromatic amines is 1. The fraction of sp³-hybridized carbons (Fsp3) is 0.357. The first-order chi connectivity index (χ1) is 11.0. The number of hydrogen-bond acceptors (Lipinski definition) is 6.